The van der Waals surface area contributed by atoms with Gasteiger partial charge >= 0.3 is 0 Å². The third kappa shape index (κ3) is 3.55. The average Bonchev–Trinajstić information content (AvgIpc) is 2.99. The third-order valence-electron chi connectivity index (χ3n) is 3.63. The van der Waals surface area contributed by atoms with Gasteiger partial charge in [-0.2, -0.15) is 4.52 Å². The van der Waals surface area contributed by atoms with Crippen molar-refractivity contribution in [1.29, 1.82) is 0 Å². The van der Waals surface area contributed by atoms with Crippen LogP contribution in [0.2, 0.25) is 0 Å². The van der Waals surface area contributed by atoms with Crippen LogP contribution in [-0.2, 0) is 12.8 Å². The molecule has 3 N–H and O–H groups in total. The van der Waals surface area contributed by atoms with E-state index in [9.17, 15) is 15.0 Å². The Morgan fingerprint density at radius 2 is 2.08 bits per heavy atom. The maximum absolute atomic E-state index is 12.0. The molecule has 3 rings (SSSR count). The van der Waals surface area contributed by atoms with Crippen LogP contribution in [0.25, 0.3) is 4.96 Å². The van der Waals surface area contributed by atoms with E-state index in [0.29, 0.717) is 22.9 Å². The molecule has 0 amide bonds. The lowest BCUT2D eigenvalue weighted by atomic mass is 10.1. The van der Waals surface area contributed by atoms with Crippen LogP contribution in [0.4, 0.5) is 5.13 Å². The fourth-order valence-electron chi connectivity index (χ4n) is 2.35. The Labute approximate surface area is 142 Å². The minimum atomic E-state index is -0.253. The van der Waals surface area contributed by atoms with Gasteiger partial charge in [0, 0.05) is 11.8 Å². The van der Waals surface area contributed by atoms with Gasteiger partial charge in [0.2, 0.25) is 10.1 Å². The number of fused-ring (bicyclic) bond motifs is 1. The number of aromatic hydroxyl groups is 1. The molecule has 2 aromatic heterocycles. The van der Waals surface area contributed by atoms with E-state index < -0.39 is 0 Å². The highest BCUT2D eigenvalue weighted by atomic mass is 32.1. The van der Waals surface area contributed by atoms with Crippen LogP contribution < -0.4 is 10.9 Å². The number of anilines is 1. The highest BCUT2D eigenvalue weighted by Crippen LogP contribution is 2.19. The van der Waals surface area contributed by atoms with Crippen molar-refractivity contribution in [3.8, 4) is 5.75 Å². The second-order valence-corrected chi connectivity index (χ2v) is 6.39. The SMILES string of the molecule is CCc1cc(=O)n2nc(N[C@H](CO)Cc3ccc(O)cc3)sc2n1. The van der Waals surface area contributed by atoms with Crippen LogP contribution in [0.15, 0.2) is 35.1 Å². The topological polar surface area (TPSA) is 99.8 Å². The minimum absolute atomic E-state index is 0.0840. The van der Waals surface area contributed by atoms with Crippen LogP contribution >= 0.6 is 11.3 Å². The second-order valence-electron chi connectivity index (χ2n) is 5.44. The lowest BCUT2D eigenvalue weighted by molar-refractivity contribution is 0.273. The Bertz CT molecular complexity index is 888. The third-order valence-corrected chi connectivity index (χ3v) is 4.47. The molecule has 1 atom stereocenters. The summed E-state index contributed by atoms with van der Waals surface area (Å²) >= 11 is 1.28. The molecule has 0 aliphatic rings. The van der Waals surface area contributed by atoms with E-state index in [1.54, 1.807) is 24.3 Å². The number of hydrogen-bond donors (Lipinski definition) is 3. The minimum Gasteiger partial charge on any atom is -0.508 e. The number of phenols is 1. The fraction of sp³-hybridized carbons (Fsp3) is 0.312. The molecule has 3 aromatic rings. The number of aryl methyl sites for hydroxylation is 1. The summed E-state index contributed by atoms with van der Waals surface area (Å²) in [7, 11) is 0. The smallest absolute Gasteiger partial charge is 0.275 e. The predicted octanol–water partition coefficient (Wildman–Crippen LogP) is 1.43. The monoisotopic (exact) mass is 346 g/mol. The first kappa shape index (κ1) is 16.4. The summed E-state index contributed by atoms with van der Waals surface area (Å²) in [5.41, 5.74) is 1.50. The van der Waals surface area contributed by atoms with E-state index in [1.165, 1.54) is 21.9 Å². The molecule has 0 bridgehead atoms. The molecule has 0 saturated carbocycles. The van der Waals surface area contributed by atoms with Crippen molar-refractivity contribution in [2.24, 2.45) is 0 Å². The second kappa shape index (κ2) is 6.98. The van der Waals surface area contributed by atoms with Crippen LogP contribution in [0, 0.1) is 0 Å². The summed E-state index contributed by atoms with van der Waals surface area (Å²) in [6, 6.07) is 8.05. The number of nitrogens with zero attached hydrogens (tertiary/aromatic N) is 3. The van der Waals surface area contributed by atoms with Gasteiger partial charge in [0.05, 0.1) is 12.6 Å². The Morgan fingerprint density at radius 1 is 1.33 bits per heavy atom. The summed E-state index contributed by atoms with van der Waals surface area (Å²) in [4.78, 5) is 16.9. The number of nitrogens with one attached hydrogen (secondary N) is 1. The lowest BCUT2D eigenvalue weighted by Gasteiger charge is -2.15. The Hall–Kier alpha value is -2.45. The fourth-order valence-corrected chi connectivity index (χ4v) is 3.25. The molecule has 0 saturated heterocycles. The number of rotatable bonds is 6. The van der Waals surface area contributed by atoms with Crippen molar-refractivity contribution in [2.45, 2.75) is 25.8 Å². The summed E-state index contributed by atoms with van der Waals surface area (Å²) in [6.45, 7) is 1.86. The maximum atomic E-state index is 12.0. The number of hydrogen-bond acceptors (Lipinski definition) is 7. The Balaban J connectivity index is 1.80. The summed E-state index contributed by atoms with van der Waals surface area (Å²) in [5, 5.41) is 26.8. The molecule has 0 aliphatic carbocycles. The van der Waals surface area contributed by atoms with Crippen LogP contribution in [0.5, 0.6) is 5.75 Å². The highest BCUT2D eigenvalue weighted by molar-refractivity contribution is 7.20. The maximum Gasteiger partial charge on any atom is 0.275 e. The average molecular weight is 346 g/mol. The van der Waals surface area contributed by atoms with E-state index in [-0.39, 0.29) is 24.0 Å². The van der Waals surface area contributed by atoms with Crippen molar-refractivity contribution in [3.63, 3.8) is 0 Å². The van der Waals surface area contributed by atoms with Gasteiger partial charge in [-0.25, -0.2) is 4.98 Å². The van der Waals surface area contributed by atoms with Crippen molar-refractivity contribution in [3.05, 3.63) is 51.9 Å². The van der Waals surface area contributed by atoms with E-state index in [2.05, 4.69) is 15.4 Å². The molecule has 2 heterocycles. The van der Waals surface area contributed by atoms with Crippen LogP contribution in [-0.4, -0.2) is 37.5 Å². The molecule has 7 nitrogen and oxygen atoms in total. The van der Waals surface area contributed by atoms with Crippen molar-refractivity contribution in [1.82, 2.24) is 14.6 Å². The van der Waals surface area contributed by atoms with E-state index in [1.807, 2.05) is 6.92 Å². The number of benzene rings is 1. The van der Waals surface area contributed by atoms with Gasteiger partial charge in [0.25, 0.3) is 5.56 Å². The highest BCUT2D eigenvalue weighted by Gasteiger charge is 2.13. The summed E-state index contributed by atoms with van der Waals surface area (Å²) in [6.07, 6.45) is 1.25. The van der Waals surface area contributed by atoms with Crippen molar-refractivity contribution in [2.75, 3.05) is 11.9 Å². The van der Waals surface area contributed by atoms with E-state index >= 15 is 0 Å². The molecule has 0 aliphatic heterocycles. The van der Waals surface area contributed by atoms with Gasteiger partial charge in [-0.05, 0) is 30.5 Å². The van der Waals surface area contributed by atoms with Gasteiger partial charge in [-0.15, -0.1) is 5.10 Å². The number of aliphatic hydroxyl groups is 1. The molecule has 0 fully saturated rings. The molecule has 8 heteroatoms. The molecule has 0 unspecified atom stereocenters. The van der Waals surface area contributed by atoms with Crippen LogP contribution in [0.3, 0.4) is 0 Å². The standard InChI is InChI=1S/C16H18N4O3S/c1-2-11-8-14(23)20-16(18-11)24-15(19-20)17-12(9-21)7-10-3-5-13(22)6-4-10/h3-6,8,12,21-22H,2,7,9H2,1H3,(H,17,19)/t12-/m0/s1. The lowest BCUT2D eigenvalue weighted by Crippen LogP contribution is -2.26. The molecular weight excluding hydrogens is 328 g/mol. The zero-order valence-corrected chi connectivity index (χ0v) is 14.0. The van der Waals surface area contributed by atoms with Gasteiger partial charge in [-0.3, -0.25) is 4.79 Å². The normalized spacial score (nSPS) is 12.4. The summed E-state index contributed by atoms with van der Waals surface area (Å²) in [5.74, 6) is 0.204. The summed E-state index contributed by atoms with van der Waals surface area (Å²) < 4.78 is 1.27. The largest absolute Gasteiger partial charge is 0.508 e. The van der Waals surface area contributed by atoms with Crippen molar-refractivity contribution < 1.29 is 10.2 Å². The number of phenolic OH excluding ortho intramolecular Hbond substituents is 1. The first-order valence-corrected chi connectivity index (χ1v) is 8.45. The van der Waals surface area contributed by atoms with Crippen molar-refractivity contribution >= 4 is 21.4 Å². The predicted molar refractivity (Wildman–Crippen MR) is 92.8 cm³/mol. The Kier molecular flexibility index (Phi) is 4.77. The quantitative estimate of drug-likeness (QED) is 0.624. The number of aliphatic hydroxyl groups excluding tert-OH is 1. The molecular formula is C16H18N4O3S. The zero-order chi connectivity index (χ0) is 17.1. The molecule has 0 radical (unpaired) electrons. The van der Waals surface area contributed by atoms with Gasteiger partial charge in [-0.1, -0.05) is 30.4 Å². The van der Waals surface area contributed by atoms with E-state index in [0.717, 1.165) is 11.3 Å². The van der Waals surface area contributed by atoms with E-state index in [4.69, 9.17) is 0 Å². The molecule has 126 valence electrons. The first-order chi connectivity index (χ1) is 11.6. The Morgan fingerprint density at radius 3 is 2.75 bits per heavy atom. The molecule has 24 heavy (non-hydrogen) atoms. The number of aromatic nitrogens is 3. The first-order valence-electron chi connectivity index (χ1n) is 7.64. The van der Waals surface area contributed by atoms with Gasteiger partial charge in [0.15, 0.2) is 0 Å². The van der Waals surface area contributed by atoms with Gasteiger partial charge in [0.1, 0.15) is 5.75 Å². The molecule has 0 spiro atoms. The van der Waals surface area contributed by atoms with Gasteiger partial charge < -0.3 is 15.5 Å². The zero-order valence-electron chi connectivity index (χ0n) is 13.1. The molecule has 1 aromatic carbocycles. The van der Waals surface area contributed by atoms with Crippen LogP contribution in [0.1, 0.15) is 18.2 Å².